The van der Waals surface area contributed by atoms with Crippen LogP contribution in [0.2, 0.25) is 0 Å². The fraction of sp³-hybridized carbons (Fsp3) is 0.429. The summed E-state index contributed by atoms with van der Waals surface area (Å²) in [6, 6.07) is 7.93. The Morgan fingerprint density at radius 1 is 1.24 bits per heavy atom. The van der Waals surface area contributed by atoms with Gasteiger partial charge in [0.2, 0.25) is 0 Å². The third kappa shape index (κ3) is 6.83. The van der Waals surface area contributed by atoms with E-state index in [0.29, 0.717) is 17.7 Å². The van der Waals surface area contributed by atoms with Crippen LogP contribution < -0.4 is 5.32 Å². The molecule has 3 rings (SSSR count). The van der Waals surface area contributed by atoms with Crippen molar-refractivity contribution >= 4 is 35.0 Å². The summed E-state index contributed by atoms with van der Waals surface area (Å²) < 4.78 is 10.4. The summed E-state index contributed by atoms with van der Waals surface area (Å²) in [4.78, 5) is 23.2. The van der Waals surface area contributed by atoms with E-state index < -0.39 is 11.9 Å². The van der Waals surface area contributed by atoms with Gasteiger partial charge in [0, 0.05) is 12.7 Å². The summed E-state index contributed by atoms with van der Waals surface area (Å²) in [5.74, 6) is -0.270. The van der Waals surface area contributed by atoms with Crippen molar-refractivity contribution in [3.63, 3.8) is 0 Å². The number of rotatable bonds is 7. The maximum absolute atomic E-state index is 11.7. The van der Waals surface area contributed by atoms with Crippen molar-refractivity contribution in [2.45, 2.75) is 38.7 Å². The van der Waals surface area contributed by atoms with Crippen LogP contribution in [0.1, 0.15) is 43.2 Å². The first kappa shape index (κ1) is 21.3. The van der Waals surface area contributed by atoms with Crippen molar-refractivity contribution < 1.29 is 19.1 Å². The molecule has 1 saturated carbocycles. The second-order valence-corrected chi connectivity index (χ2v) is 8.03. The van der Waals surface area contributed by atoms with Gasteiger partial charge in [0.1, 0.15) is 0 Å². The molecular formula is C21H25N3O4S. The van der Waals surface area contributed by atoms with Crippen LogP contribution in [0.4, 0.5) is 0 Å². The molecule has 29 heavy (non-hydrogen) atoms. The van der Waals surface area contributed by atoms with Gasteiger partial charge in [0.25, 0.3) is 5.91 Å². The maximum atomic E-state index is 11.7. The number of thioether (sulfide) groups is 1. The number of esters is 1. The van der Waals surface area contributed by atoms with Crippen LogP contribution in [0, 0.1) is 5.92 Å². The molecule has 1 aromatic carbocycles. The SMILES string of the molecule is COC(=O)/C=C1/S/C(=N\N=Cc2ccc(COCC3CCCCC3)cc2)NC1=O. The van der Waals surface area contributed by atoms with Crippen molar-refractivity contribution in [2.24, 2.45) is 16.1 Å². The molecule has 1 amide bonds. The van der Waals surface area contributed by atoms with Gasteiger partial charge in [-0.2, -0.15) is 5.10 Å². The first-order valence-electron chi connectivity index (χ1n) is 9.70. The molecule has 7 nitrogen and oxygen atoms in total. The highest BCUT2D eigenvalue weighted by Gasteiger charge is 2.25. The van der Waals surface area contributed by atoms with Crippen LogP contribution in [-0.2, 0) is 25.7 Å². The molecule has 0 aromatic heterocycles. The molecule has 2 aliphatic rings. The van der Waals surface area contributed by atoms with E-state index in [2.05, 4.69) is 20.3 Å². The van der Waals surface area contributed by atoms with Gasteiger partial charge >= 0.3 is 5.97 Å². The number of hydrogen-bond acceptors (Lipinski definition) is 7. The van der Waals surface area contributed by atoms with Gasteiger partial charge in [0.05, 0.1) is 24.8 Å². The van der Waals surface area contributed by atoms with Gasteiger partial charge in [-0.25, -0.2) is 4.79 Å². The third-order valence-corrected chi connectivity index (χ3v) is 5.68. The Bertz CT molecular complexity index is 812. The standard InChI is InChI=1S/C21H25N3O4S/c1-27-19(25)11-18-20(26)23-21(29-18)24-22-12-15-7-9-17(10-8-15)14-28-13-16-5-3-2-4-6-16/h7-12,16H,2-6,13-14H2,1H3,(H,23,24,26)/b18-11+,22-12?. The van der Waals surface area contributed by atoms with Crippen LogP contribution in [0.3, 0.4) is 0 Å². The molecule has 1 heterocycles. The van der Waals surface area contributed by atoms with E-state index in [-0.39, 0.29) is 4.91 Å². The molecule has 0 atom stereocenters. The van der Waals surface area contributed by atoms with Gasteiger partial charge in [-0.1, -0.05) is 43.5 Å². The molecule has 1 saturated heterocycles. The van der Waals surface area contributed by atoms with Crippen molar-refractivity contribution in [3.05, 3.63) is 46.4 Å². The van der Waals surface area contributed by atoms with Crippen LogP contribution in [0.25, 0.3) is 0 Å². The lowest BCUT2D eigenvalue weighted by Gasteiger charge is -2.21. The van der Waals surface area contributed by atoms with Gasteiger partial charge in [0.15, 0.2) is 5.17 Å². The monoisotopic (exact) mass is 415 g/mol. The molecule has 1 N–H and O–H groups in total. The number of amidine groups is 1. The van der Waals surface area contributed by atoms with E-state index in [1.54, 1.807) is 6.21 Å². The Labute approximate surface area is 174 Å². The summed E-state index contributed by atoms with van der Waals surface area (Å²) >= 11 is 1.04. The first-order chi connectivity index (χ1) is 14.1. The van der Waals surface area contributed by atoms with Crippen molar-refractivity contribution in [1.29, 1.82) is 0 Å². The van der Waals surface area contributed by atoms with Gasteiger partial charge < -0.3 is 9.47 Å². The summed E-state index contributed by atoms with van der Waals surface area (Å²) in [6.07, 6.45) is 9.33. The fourth-order valence-electron chi connectivity index (χ4n) is 3.19. The van der Waals surface area contributed by atoms with Gasteiger partial charge in [-0.15, -0.1) is 5.10 Å². The smallest absolute Gasteiger partial charge is 0.331 e. The molecule has 154 valence electrons. The van der Waals surface area contributed by atoms with Crippen LogP contribution >= 0.6 is 11.8 Å². The predicted octanol–water partition coefficient (Wildman–Crippen LogP) is 3.39. The van der Waals surface area contributed by atoms with E-state index in [1.807, 2.05) is 24.3 Å². The Morgan fingerprint density at radius 3 is 2.72 bits per heavy atom. The number of nitrogens with one attached hydrogen (secondary N) is 1. The lowest BCUT2D eigenvalue weighted by atomic mass is 9.90. The molecule has 0 radical (unpaired) electrons. The highest BCUT2D eigenvalue weighted by Crippen LogP contribution is 2.24. The minimum absolute atomic E-state index is 0.225. The highest BCUT2D eigenvalue weighted by atomic mass is 32.2. The van der Waals surface area contributed by atoms with Crippen molar-refractivity contribution in [3.8, 4) is 0 Å². The average molecular weight is 416 g/mol. The van der Waals surface area contributed by atoms with E-state index in [1.165, 1.54) is 39.2 Å². The Hall–Kier alpha value is -2.45. The van der Waals surface area contributed by atoms with E-state index >= 15 is 0 Å². The lowest BCUT2D eigenvalue weighted by Crippen LogP contribution is -2.19. The Kier molecular flexibility index (Phi) is 8.01. The maximum Gasteiger partial charge on any atom is 0.331 e. The largest absolute Gasteiger partial charge is 0.466 e. The van der Waals surface area contributed by atoms with E-state index in [4.69, 9.17) is 4.74 Å². The summed E-state index contributed by atoms with van der Waals surface area (Å²) in [6.45, 7) is 1.46. The lowest BCUT2D eigenvalue weighted by molar-refractivity contribution is -0.135. The van der Waals surface area contributed by atoms with Crippen LogP contribution in [-0.4, -0.2) is 37.0 Å². The number of carbonyl (C=O) groups is 2. The molecule has 0 spiro atoms. The summed E-state index contributed by atoms with van der Waals surface area (Å²) in [7, 11) is 1.25. The molecule has 2 fully saturated rings. The normalized spacial score (nSPS) is 20.5. The Morgan fingerprint density at radius 2 is 2.00 bits per heavy atom. The predicted molar refractivity (Wildman–Crippen MR) is 114 cm³/mol. The molecule has 1 aliphatic heterocycles. The zero-order valence-corrected chi connectivity index (χ0v) is 17.2. The van der Waals surface area contributed by atoms with Crippen molar-refractivity contribution in [1.82, 2.24) is 5.32 Å². The third-order valence-electron chi connectivity index (χ3n) is 4.78. The Balaban J connectivity index is 1.46. The fourth-order valence-corrected chi connectivity index (χ4v) is 3.93. The zero-order chi connectivity index (χ0) is 20.5. The number of methoxy groups -OCH3 is 1. The number of benzene rings is 1. The minimum Gasteiger partial charge on any atom is -0.466 e. The molecule has 1 aromatic rings. The molecule has 0 bridgehead atoms. The minimum atomic E-state index is -0.588. The number of nitrogens with zero attached hydrogens (tertiary/aromatic N) is 2. The topological polar surface area (TPSA) is 89.3 Å². The second kappa shape index (κ2) is 10.9. The summed E-state index contributed by atoms with van der Waals surface area (Å²) in [5.41, 5.74) is 2.02. The van der Waals surface area contributed by atoms with Gasteiger partial charge in [-0.05, 0) is 41.6 Å². The van der Waals surface area contributed by atoms with Gasteiger partial charge in [-0.3, -0.25) is 10.1 Å². The molecule has 8 heteroatoms. The zero-order valence-electron chi connectivity index (χ0n) is 16.4. The molecular weight excluding hydrogens is 390 g/mol. The summed E-state index contributed by atoms with van der Waals surface area (Å²) in [5, 5.41) is 10.8. The van der Waals surface area contributed by atoms with E-state index in [0.717, 1.165) is 35.6 Å². The average Bonchev–Trinajstić information content (AvgIpc) is 3.09. The number of amides is 1. The molecule has 0 unspecified atom stereocenters. The van der Waals surface area contributed by atoms with E-state index in [9.17, 15) is 9.59 Å². The number of hydrogen-bond donors (Lipinski definition) is 1. The van der Waals surface area contributed by atoms with Crippen LogP contribution in [0.15, 0.2) is 45.4 Å². The molecule has 1 aliphatic carbocycles. The second-order valence-electron chi connectivity index (χ2n) is 7.00. The number of carbonyl (C=O) groups excluding carboxylic acids is 2. The highest BCUT2D eigenvalue weighted by molar-refractivity contribution is 8.18. The van der Waals surface area contributed by atoms with Crippen molar-refractivity contribution in [2.75, 3.05) is 13.7 Å². The van der Waals surface area contributed by atoms with Crippen LogP contribution in [0.5, 0.6) is 0 Å². The first-order valence-corrected chi connectivity index (χ1v) is 10.5. The quantitative estimate of drug-likeness (QED) is 0.319. The number of ether oxygens (including phenoxy) is 2.